The van der Waals surface area contributed by atoms with E-state index in [9.17, 15) is 4.79 Å². The minimum absolute atomic E-state index is 0.0478. The Morgan fingerprint density at radius 1 is 1.39 bits per heavy atom. The molecule has 1 atom stereocenters. The second kappa shape index (κ2) is 6.44. The van der Waals surface area contributed by atoms with Crippen LogP contribution in [0.15, 0.2) is 28.8 Å². The minimum Gasteiger partial charge on any atom is -0.361 e. The number of nitrogens with one attached hydrogen (secondary N) is 1. The number of para-hydroxylation sites is 1. The molecule has 1 aromatic heterocycles. The van der Waals surface area contributed by atoms with E-state index in [0.717, 1.165) is 54.1 Å². The summed E-state index contributed by atoms with van der Waals surface area (Å²) in [5.41, 5.74) is 3.97. The van der Waals surface area contributed by atoms with Crippen LogP contribution in [0.3, 0.4) is 0 Å². The lowest BCUT2D eigenvalue weighted by molar-refractivity contribution is 0.206. The number of amides is 2. The third-order valence-electron chi connectivity index (χ3n) is 4.58. The van der Waals surface area contributed by atoms with E-state index in [1.54, 1.807) is 0 Å². The summed E-state index contributed by atoms with van der Waals surface area (Å²) in [6.45, 7) is 6.70. The smallest absolute Gasteiger partial charge is 0.322 e. The molecule has 5 heteroatoms. The molecule has 2 amide bonds. The summed E-state index contributed by atoms with van der Waals surface area (Å²) in [6.07, 6.45) is 2.84. The molecule has 0 radical (unpaired) electrons. The van der Waals surface area contributed by atoms with Gasteiger partial charge < -0.3 is 14.7 Å². The average Bonchev–Trinajstić information content (AvgIpc) is 3.14. The monoisotopic (exact) mass is 313 g/mol. The number of hydrogen-bond donors (Lipinski definition) is 1. The molecule has 5 nitrogen and oxygen atoms in total. The van der Waals surface area contributed by atoms with Gasteiger partial charge in [-0.2, -0.15) is 0 Å². The van der Waals surface area contributed by atoms with E-state index >= 15 is 0 Å². The Bertz CT molecular complexity index is 689. The van der Waals surface area contributed by atoms with Gasteiger partial charge in [0, 0.05) is 17.8 Å². The summed E-state index contributed by atoms with van der Waals surface area (Å²) in [7, 11) is 0. The van der Waals surface area contributed by atoms with Gasteiger partial charge in [0.05, 0.1) is 11.7 Å². The molecule has 3 rings (SSSR count). The van der Waals surface area contributed by atoms with E-state index in [2.05, 4.69) is 17.4 Å². The fourth-order valence-electron chi connectivity index (χ4n) is 3.41. The molecule has 1 aliphatic rings. The van der Waals surface area contributed by atoms with Crippen LogP contribution < -0.4 is 5.32 Å². The van der Waals surface area contributed by atoms with E-state index in [1.807, 2.05) is 43.0 Å². The number of hydrogen-bond acceptors (Lipinski definition) is 3. The quantitative estimate of drug-likeness (QED) is 0.923. The van der Waals surface area contributed by atoms with Crippen molar-refractivity contribution in [2.45, 2.75) is 46.1 Å². The van der Waals surface area contributed by atoms with Crippen molar-refractivity contribution in [2.75, 3.05) is 11.9 Å². The lowest BCUT2D eigenvalue weighted by atomic mass is 10.0. The summed E-state index contributed by atoms with van der Waals surface area (Å²) >= 11 is 0. The number of carbonyl (C=O) groups excluding carboxylic acids is 1. The molecule has 2 heterocycles. The van der Waals surface area contributed by atoms with Gasteiger partial charge in [-0.3, -0.25) is 0 Å². The highest BCUT2D eigenvalue weighted by molar-refractivity contribution is 5.90. The van der Waals surface area contributed by atoms with E-state index in [1.165, 1.54) is 0 Å². The number of carbonyl (C=O) groups is 1. The van der Waals surface area contributed by atoms with Crippen molar-refractivity contribution < 1.29 is 9.32 Å². The molecular formula is C18H23N3O2. The average molecular weight is 313 g/mol. The molecule has 2 aromatic rings. The first-order valence-corrected chi connectivity index (χ1v) is 8.20. The zero-order valence-electron chi connectivity index (χ0n) is 13.9. The zero-order chi connectivity index (χ0) is 16.4. The maximum atomic E-state index is 12.8. The van der Waals surface area contributed by atoms with Crippen molar-refractivity contribution in [1.82, 2.24) is 10.1 Å². The largest absolute Gasteiger partial charge is 0.361 e. The predicted octanol–water partition coefficient (Wildman–Crippen LogP) is 4.22. The number of nitrogens with zero attached hydrogens (tertiary/aromatic N) is 2. The van der Waals surface area contributed by atoms with Gasteiger partial charge in [-0.15, -0.1) is 0 Å². The number of likely N-dealkylation sites (tertiary alicyclic amines) is 1. The van der Waals surface area contributed by atoms with Crippen molar-refractivity contribution in [3.63, 3.8) is 0 Å². The van der Waals surface area contributed by atoms with E-state index in [0.29, 0.717) is 0 Å². The molecule has 0 saturated carbocycles. The van der Waals surface area contributed by atoms with Crippen molar-refractivity contribution in [3.05, 3.63) is 46.8 Å². The normalized spacial score (nSPS) is 17.5. The van der Waals surface area contributed by atoms with Crippen LogP contribution >= 0.6 is 0 Å². The molecule has 0 aliphatic carbocycles. The highest BCUT2D eigenvalue weighted by Gasteiger charge is 2.33. The third kappa shape index (κ3) is 2.96. The standard InChI is InChI=1S/C18H23N3O2/c1-4-14-8-5-6-9-15(14)19-18(22)21-11-7-10-16(21)17-12(2)20-23-13(17)3/h5-6,8-9,16H,4,7,10-11H2,1-3H3,(H,19,22). The summed E-state index contributed by atoms with van der Waals surface area (Å²) in [5.74, 6) is 0.807. The van der Waals surface area contributed by atoms with Crippen LogP contribution in [0.25, 0.3) is 0 Å². The number of aromatic nitrogens is 1. The molecule has 122 valence electrons. The fourth-order valence-corrected chi connectivity index (χ4v) is 3.41. The number of aryl methyl sites for hydroxylation is 3. The van der Waals surface area contributed by atoms with Crippen LogP contribution in [0.1, 0.15) is 48.4 Å². The molecule has 0 bridgehead atoms. The molecule has 1 unspecified atom stereocenters. The molecular weight excluding hydrogens is 290 g/mol. The van der Waals surface area contributed by atoms with Gasteiger partial charge in [0.25, 0.3) is 0 Å². The summed E-state index contributed by atoms with van der Waals surface area (Å²) in [4.78, 5) is 14.7. The van der Waals surface area contributed by atoms with Gasteiger partial charge in [0.15, 0.2) is 0 Å². The Morgan fingerprint density at radius 3 is 2.87 bits per heavy atom. The van der Waals surface area contributed by atoms with Gasteiger partial charge >= 0.3 is 6.03 Å². The number of anilines is 1. The molecule has 0 spiro atoms. The Kier molecular flexibility index (Phi) is 4.37. The first kappa shape index (κ1) is 15.6. The van der Waals surface area contributed by atoms with E-state index in [-0.39, 0.29) is 12.1 Å². The summed E-state index contributed by atoms with van der Waals surface area (Å²) < 4.78 is 5.28. The van der Waals surface area contributed by atoms with Crippen molar-refractivity contribution >= 4 is 11.7 Å². The maximum Gasteiger partial charge on any atom is 0.322 e. The zero-order valence-corrected chi connectivity index (χ0v) is 13.9. The number of urea groups is 1. The van der Waals surface area contributed by atoms with Crippen LogP contribution in [0.5, 0.6) is 0 Å². The van der Waals surface area contributed by atoms with Gasteiger partial charge in [0.2, 0.25) is 0 Å². The molecule has 1 aromatic carbocycles. The Morgan fingerprint density at radius 2 is 2.17 bits per heavy atom. The van der Waals surface area contributed by atoms with Crippen LogP contribution in [-0.4, -0.2) is 22.6 Å². The van der Waals surface area contributed by atoms with Crippen molar-refractivity contribution in [3.8, 4) is 0 Å². The van der Waals surface area contributed by atoms with E-state index < -0.39 is 0 Å². The Balaban J connectivity index is 1.81. The van der Waals surface area contributed by atoms with Gasteiger partial charge in [0.1, 0.15) is 5.76 Å². The van der Waals surface area contributed by atoms with Crippen molar-refractivity contribution in [1.29, 1.82) is 0 Å². The summed E-state index contributed by atoms with van der Waals surface area (Å²) in [5, 5.41) is 7.10. The second-order valence-corrected chi connectivity index (χ2v) is 6.03. The molecule has 1 fully saturated rings. The van der Waals surface area contributed by atoms with Crippen LogP contribution in [-0.2, 0) is 6.42 Å². The molecule has 1 aliphatic heterocycles. The SMILES string of the molecule is CCc1ccccc1NC(=O)N1CCCC1c1c(C)noc1C. The van der Waals surface area contributed by atoms with Gasteiger partial charge in [-0.1, -0.05) is 30.3 Å². The minimum atomic E-state index is -0.0478. The number of rotatable bonds is 3. The molecule has 23 heavy (non-hydrogen) atoms. The predicted molar refractivity (Wildman–Crippen MR) is 89.5 cm³/mol. The van der Waals surface area contributed by atoms with Crippen LogP contribution in [0.2, 0.25) is 0 Å². The van der Waals surface area contributed by atoms with Gasteiger partial charge in [-0.05, 0) is 44.7 Å². The highest BCUT2D eigenvalue weighted by atomic mass is 16.5. The van der Waals surface area contributed by atoms with Crippen LogP contribution in [0.4, 0.5) is 10.5 Å². The highest BCUT2D eigenvalue weighted by Crippen LogP contribution is 2.36. The number of benzene rings is 1. The molecule has 1 N–H and O–H groups in total. The second-order valence-electron chi connectivity index (χ2n) is 6.03. The topological polar surface area (TPSA) is 58.4 Å². The summed E-state index contributed by atoms with van der Waals surface area (Å²) in [6, 6.07) is 7.95. The Hall–Kier alpha value is -2.30. The van der Waals surface area contributed by atoms with E-state index in [4.69, 9.17) is 4.52 Å². The lowest BCUT2D eigenvalue weighted by Gasteiger charge is -2.25. The third-order valence-corrected chi connectivity index (χ3v) is 4.58. The fraction of sp³-hybridized carbons (Fsp3) is 0.444. The lowest BCUT2D eigenvalue weighted by Crippen LogP contribution is -2.35. The van der Waals surface area contributed by atoms with Crippen molar-refractivity contribution in [2.24, 2.45) is 0 Å². The first-order chi connectivity index (χ1) is 11.1. The van der Waals surface area contributed by atoms with Crippen LogP contribution in [0, 0.1) is 13.8 Å². The maximum absolute atomic E-state index is 12.8. The first-order valence-electron chi connectivity index (χ1n) is 8.20. The van der Waals surface area contributed by atoms with Gasteiger partial charge in [-0.25, -0.2) is 4.79 Å². The Labute approximate surface area is 136 Å². The molecule has 1 saturated heterocycles.